The Kier molecular flexibility index (Phi) is 2.83. The van der Waals surface area contributed by atoms with Crippen molar-refractivity contribution in [3.05, 3.63) is 29.3 Å². The van der Waals surface area contributed by atoms with Crippen molar-refractivity contribution in [3.8, 4) is 5.75 Å². The first-order valence-corrected chi connectivity index (χ1v) is 6.78. The van der Waals surface area contributed by atoms with Gasteiger partial charge in [0.05, 0.1) is 6.10 Å². The fraction of sp³-hybridized carbons (Fsp3) is 0.600. The first-order chi connectivity index (χ1) is 8.67. The number of nitrogens with two attached hydrogens (primary N) is 1. The van der Waals surface area contributed by atoms with Crippen LogP contribution in [0.25, 0.3) is 0 Å². The summed E-state index contributed by atoms with van der Waals surface area (Å²) < 4.78 is 5.59. The predicted octanol–water partition coefficient (Wildman–Crippen LogP) is 2.10. The Balaban J connectivity index is 2.14. The summed E-state index contributed by atoms with van der Waals surface area (Å²) in [6.07, 6.45) is 5.63. The molecule has 1 aromatic carbocycles. The molecular formula is C15H21NO2. The van der Waals surface area contributed by atoms with Crippen LogP contribution in [0, 0.1) is 0 Å². The zero-order chi connectivity index (χ0) is 12.8. The minimum absolute atomic E-state index is 0.0208. The molecule has 2 aliphatic rings. The van der Waals surface area contributed by atoms with E-state index in [0.29, 0.717) is 5.75 Å². The van der Waals surface area contributed by atoms with Gasteiger partial charge in [0.15, 0.2) is 0 Å². The van der Waals surface area contributed by atoms with Crippen LogP contribution in [-0.4, -0.2) is 24.4 Å². The van der Waals surface area contributed by atoms with Crippen LogP contribution in [0.4, 0.5) is 0 Å². The number of fused-ring (bicyclic) bond motifs is 2. The summed E-state index contributed by atoms with van der Waals surface area (Å²) in [5.41, 5.74) is 9.07. The molecule has 2 aliphatic carbocycles. The number of phenolic OH excluding ortho intramolecular Hbond substituents is 1. The molecule has 0 aromatic heterocycles. The molecule has 1 aromatic rings. The van der Waals surface area contributed by atoms with Gasteiger partial charge in [-0.2, -0.15) is 0 Å². The lowest BCUT2D eigenvalue weighted by molar-refractivity contribution is 0.0437. The molecule has 0 saturated heterocycles. The topological polar surface area (TPSA) is 55.5 Å². The second kappa shape index (κ2) is 4.25. The normalized spacial score (nSPS) is 29.4. The van der Waals surface area contributed by atoms with Crippen molar-refractivity contribution in [2.45, 2.75) is 49.7 Å². The van der Waals surface area contributed by atoms with Crippen LogP contribution in [-0.2, 0) is 16.6 Å². The molecule has 3 heteroatoms. The third-order valence-corrected chi connectivity index (χ3v) is 4.89. The Hall–Kier alpha value is -1.06. The van der Waals surface area contributed by atoms with Gasteiger partial charge in [-0.05, 0) is 36.1 Å². The van der Waals surface area contributed by atoms with E-state index in [1.807, 2.05) is 12.1 Å². The maximum atomic E-state index is 9.77. The smallest absolute Gasteiger partial charge is 0.115 e. The maximum absolute atomic E-state index is 9.77. The Morgan fingerprint density at radius 3 is 2.72 bits per heavy atom. The summed E-state index contributed by atoms with van der Waals surface area (Å²) in [5.74, 6) is 0.350. The highest BCUT2D eigenvalue weighted by atomic mass is 16.5. The average Bonchev–Trinajstić information content (AvgIpc) is 2.85. The number of aromatic hydroxyl groups is 1. The van der Waals surface area contributed by atoms with Crippen molar-refractivity contribution in [1.82, 2.24) is 0 Å². The van der Waals surface area contributed by atoms with Crippen LogP contribution < -0.4 is 5.73 Å². The lowest BCUT2D eigenvalue weighted by atomic mass is 9.64. The van der Waals surface area contributed by atoms with Gasteiger partial charge in [0, 0.05) is 25.0 Å². The second-order valence-corrected chi connectivity index (χ2v) is 5.71. The summed E-state index contributed by atoms with van der Waals surface area (Å²) in [7, 11) is 1.75. The first-order valence-electron chi connectivity index (χ1n) is 6.78. The number of phenols is 1. The van der Waals surface area contributed by atoms with Gasteiger partial charge in [0.2, 0.25) is 0 Å². The third-order valence-electron chi connectivity index (χ3n) is 4.89. The minimum atomic E-state index is 0.0208. The van der Waals surface area contributed by atoms with Gasteiger partial charge in [0.1, 0.15) is 5.75 Å². The fourth-order valence-corrected chi connectivity index (χ4v) is 3.92. The fourth-order valence-electron chi connectivity index (χ4n) is 3.92. The van der Waals surface area contributed by atoms with Crippen molar-refractivity contribution in [2.75, 3.05) is 7.11 Å². The minimum Gasteiger partial charge on any atom is -0.508 e. The summed E-state index contributed by atoms with van der Waals surface area (Å²) >= 11 is 0. The molecule has 0 radical (unpaired) electrons. The Bertz CT molecular complexity index is 452. The predicted molar refractivity (Wildman–Crippen MR) is 70.7 cm³/mol. The second-order valence-electron chi connectivity index (χ2n) is 5.71. The molecule has 18 heavy (non-hydrogen) atoms. The first kappa shape index (κ1) is 12.0. The standard InChI is InChI=1S/C15H21NO2/c1-18-13-8-10-4-5-11(17)9-12(10)15(14(13)16)6-2-3-7-15/h4-5,9,13-14,17H,2-3,6-8,16H2,1H3. The number of hydrogen-bond acceptors (Lipinski definition) is 3. The van der Waals surface area contributed by atoms with E-state index in [1.165, 1.54) is 24.0 Å². The van der Waals surface area contributed by atoms with Gasteiger partial charge in [-0.25, -0.2) is 0 Å². The molecule has 1 fully saturated rings. The molecule has 0 heterocycles. The molecule has 2 unspecified atom stereocenters. The Morgan fingerprint density at radius 2 is 2.06 bits per heavy atom. The molecule has 3 nitrogen and oxygen atoms in total. The van der Waals surface area contributed by atoms with Gasteiger partial charge < -0.3 is 15.6 Å². The van der Waals surface area contributed by atoms with E-state index in [1.54, 1.807) is 13.2 Å². The Labute approximate surface area is 108 Å². The maximum Gasteiger partial charge on any atom is 0.115 e. The van der Waals surface area contributed by atoms with Crippen molar-refractivity contribution < 1.29 is 9.84 Å². The summed E-state index contributed by atoms with van der Waals surface area (Å²) in [5, 5.41) is 9.77. The van der Waals surface area contributed by atoms with E-state index < -0.39 is 0 Å². The van der Waals surface area contributed by atoms with Gasteiger partial charge in [-0.3, -0.25) is 0 Å². The molecule has 3 N–H and O–H groups in total. The lowest BCUT2D eigenvalue weighted by Crippen LogP contribution is -2.55. The Morgan fingerprint density at radius 1 is 1.33 bits per heavy atom. The average molecular weight is 247 g/mol. The van der Waals surface area contributed by atoms with Crippen molar-refractivity contribution in [1.29, 1.82) is 0 Å². The van der Waals surface area contributed by atoms with Crippen LogP contribution in [0.15, 0.2) is 18.2 Å². The third kappa shape index (κ3) is 1.57. The number of ether oxygens (including phenoxy) is 1. The zero-order valence-corrected chi connectivity index (χ0v) is 10.9. The van der Waals surface area contributed by atoms with Crippen LogP contribution in [0.2, 0.25) is 0 Å². The molecule has 3 rings (SSSR count). The number of rotatable bonds is 1. The molecule has 2 atom stereocenters. The van der Waals surface area contributed by atoms with E-state index in [9.17, 15) is 5.11 Å². The quantitative estimate of drug-likeness (QED) is 0.799. The van der Waals surface area contributed by atoms with Crippen LogP contribution in [0.1, 0.15) is 36.8 Å². The molecule has 0 amide bonds. The molecule has 0 bridgehead atoms. The van der Waals surface area contributed by atoms with Gasteiger partial charge in [0.25, 0.3) is 0 Å². The highest BCUT2D eigenvalue weighted by molar-refractivity contribution is 5.45. The summed E-state index contributed by atoms with van der Waals surface area (Å²) in [6, 6.07) is 5.76. The zero-order valence-electron chi connectivity index (χ0n) is 10.9. The van der Waals surface area contributed by atoms with Crippen LogP contribution >= 0.6 is 0 Å². The number of methoxy groups -OCH3 is 1. The van der Waals surface area contributed by atoms with E-state index in [-0.39, 0.29) is 17.6 Å². The van der Waals surface area contributed by atoms with Crippen molar-refractivity contribution in [2.24, 2.45) is 5.73 Å². The molecule has 0 aliphatic heterocycles. The van der Waals surface area contributed by atoms with Crippen molar-refractivity contribution >= 4 is 0 Å². The van der Waals surface area contributed by atoms with Gasteiger partial charge in [-0.1, -0.05) is 18.9 Å². The largest absolute Gasteiger partial charge is 0.508 e. The van der Waals surface area contributed by atoms with Gasteiger partial charge in [-0.15, -0.1) is 0 Å². The van der Waals surface area contributed by atoms with E-state index >= 15 is 0 Å². The van der Waals surface area contributed by atoms with Crippen LogP contribution in [0.5, 0.6) is 5.75 Å². The highest BCUT2D eigenvalue weighted by Gasteiger charge is 2.48. The lowest BCUT2D eigenvalue weighted by Gasteiger charge is -2.45. The van der Waals surface area contributed by atoms with Gasteiger partial charge >= 0.3 is 0 Å². The number of hydrogen-bond donors (Lipinski definition) is 2. The molecule has 1 saturated carbocycles. The molecular weight excluding hydrogens is 226 g/mol. The highest BCUT2D eigenvalue weighted by Crippen LogP contribution is 2.49. The SMILES string of the molecule is COC1Cc2ccc(O)cc2C2(CCCC2)C1N. The van der Waals surface area contributed by atoms with E-state index in [0.717, 1.165) is 19.3 Å². The van der Waals surface area contributed by atoms with Crippen LogP contribution in [0.3, 0.4) is 0 Å². The van der Waals surface area contributed by atoms with E-state index in [4.69, 9.17) is 10.5 Å². The van der Waals surface area contributed by atoms with E-state index in [2.05, 4.69) is 0 Å². The molecule has 98 valence electrons. The summed E-state index contributed by atoms with van der Waals surface area (Å²) in [4.78, 5) is 0. The number of benzene rings is 1. The van der Waals surface area contributed by atoms with Crippen molar-refractivity contribution in [3.63, 3.8) is 0 Å². The monoisotopic (exact) mass is 247 g/mol. The molecule has 1 spiro atoms. The summed E-state index contributed by atoms with van der Waals surface area (Å²) in [6.45, 7) is 0.